The van der Waals surface area contributed by atoms with Gasteiger partial charge in [0.2, 0.25) is 5.91 Å². The van der Waals surface area contributed by atoms with E-state index < -0.39 is 5.60 Å². The highest BCUT2D eigenvalue weighted by molar-refractivity contribution is 7.10. The number of nitrogens with zero attached hydrogens (tertiary/aromatic N) is 1. The normalized spacial score (nSPS) is 27.1. The number of benzene rings is 1. The Bertz CT molecular complexity index is 1040. The predicted molar refractivity (Wildman–Crippen MR) is 113 cm³/mol. The fourth-order valence-electron chi connectivity index (χ4n) is 5.34. The summed E-state index contributed by atoms with van der Waals surface area (Å²) in [5.41, 5.74) is 1.02. The second-order valence-corrected chi connectivity index (χ2v) is 9.51. The Morgan fingerprint density at radius 2 is 2.17 bits per heavy atom. The van der Waals surface area contributed by atoms with E-state index in [9.17, 15) is 14.3 Å². The van der Waals surface area contributed by atoms with E-state index in [0.29, 0.717) is 31.1 Å². The van der Waals surface area contributed by atoms with Crippen molar-refractivity contribution in [2.45, 2.75) is 62.6 Å². The molecular weight excluding hydrogens is 387 g/mol. The summed E-state index contributed by atoms with van der Waals surface area (Å²) in [6, 6.07) is 9.25. The maximum absolute atomic E-state index is 14.7. The molecule has 2 unspecified atom stereocenters. The summed E-state index contributed by atoms with van der Waals surface area (Å²) in [4.78, 5) is 19.7. The summed E-state index contributed by atoms with van der Waals surface area (Å²) in [5.74, 6) is -0.347. The van der Waals surface area contributed by atoms with Crippen LogP contribution in [0.2, 0.25) is 0 Å². The number of piperidine rings is 2. The fourth-order valence-corrected chi connectivity index (χ4v) is 6.18. The van der Waals surface area contributed by atoms with Crippen molar-refractivity contribution < 1.29 is 14.3 Å². The van der Waals surface area contributed by atoms with Gasteiger partial charge in [-0.15, -0.1) is 11.3 Å². The molecule has 6 rings (SSSR count). The van der Waals surface area contributed by atoms with Crippen LogP contribution < -0.4 is 0 Å². The first-order valence-corrected chi connectivity index (χ1v) is 11.2. The number of hydrogen-bond acceptors (Lipinski definition) is 3. The number of aromatic nitrogens is 1. The van der Waals surface area contributed by atoms with E-state index in [4.69, 9.17) is 0 Å². The molecule has 2 aliphatic heterocycles. The largest absolute Gasteiger partial charge is 0.390 e. The topological polar surface area (TPSA) is 56.3 Å². The van der Waals surface area contributed by atoms with E-state index in [2.05, 4.69) is 11.9 Å². The molecule has 3 fully saturated rings. The summed E-state index contributed by atoms with van der Waals surface area (Å²) >= 11 is 1.60. The van der Waals surface area contributed by atoms with Crippen LogP contribution in [-0.2, 0) is 4.79 Å². The van der Waals surface area contributed by atoms with Crippen LogP contribution in [0.3, 0.4) is 0 Å². The van der Waals surface area contributed by atoms with Gasteiger partial charge in [0.25, 0.3) is 0 Å². The molecule has 2 bridgehead atoms. The van der Waals surface area contributed by atoms with Gasteiger partial charge in [-0.3, -0.25) is 4.79 Å². The molecule has 1 aromatic carbocycles. The third-order valence-electron chi connectivity index (χ3n) is 6.72. The summed E-state index contributed by atoms with van der Waals surface area (Å²) in [6.45, 7) is 2.07. The van der Waals surface area contributed by atoms with E-state index in [1.54, 1.807) is 17.4 Å². The van der Waals surface area contributed by atoms with Gasteiger partial charge in [0.1, 0.15) is 5.82 Å². The molecule has 29 heavy (non-hydrogen) atoms. The Morgan fingerprint density at radius 1 is 1.34 bits per heavy atom. The van der Waals surface area contributed by atoms with Gasteiger partial charge in [-0.25, -0.2) is 4.39 Å². The summed E-state index contributed by atoms with van der Waals surface area (Å²) < 4.78 is 14.7. The van der Waals surface area contributed by atoms with E-state index in [1.807, 2.05) is 34.7 Å². The van der Waals surface area contributed by atoms with E-state index in [0.717, 1.165) is 22.4 Å². The molecule has 4 nitrogen and oxygen atoms in total. The smallest absolute Gasteiger partial charge is 0.224 e. The van der Waals surface area contributed by atoms with Crippen molar-refractivity contribution in [3.8, 4) is 0 Å². The molecule has 4 heterocycles. The number of rotatable bonds is 5. The van der Waals surface area contributed by atoms with Gasteiger partial charge in [0, 0.05) is 46.4 Å². The number of halogens is 1. The first kappa shape index (κ1) is 18.8. The third-order valence-corrected chi connectivity index (χ3v) is 7.71. The lowest BCUT2D eigenvalue weighted by Crippen LogP contribution is -2.67. The Morgan fingerprint density at radius 3 is 2.90 bits per heavy atom. The quantitative estimate of drug-likeness (QED) is 0.633. The molecule has 2 N–H and O–H groups in total. The molecular formula is C23H25FN2O2S. The average Bonchev–Trinajstić information content (AvgIpc) is 3.35. The number of carbonyl (C=O) groups is 1. The molecule has 2 aromatic heterocycles. The van der Waals surface area contributed by atoms with Gasteiger partial charge in [0.15, 0.2) is 0 Å². The maximum Gasteiger partial charge on any atom is 0.224 e. The van der Waals surface area contributed by atoms with Gasteiger partial charge < -0.3 is 15.0 Å². The molecule has 2 saturated heterocycles. The zero-order chi connectivity index (χ0) is 20.2. The number of H-pyrrole nitrogens is 1. The predicted octanol–water partition coefficient (Wildman–Crippen LogP) is 4.79. The minimum atomic E-state index is -0.574. The Hall–Kier alpha value is -2.18. The summed E-state index contributed by atoms with van der Waals surface area (Å²) in [7, 11) is 0. The van der Waals surface area contributed by atoms with Gasteiger partial charge in [-0.2, -0.15) is 0 Å². The van der Waals surface area contributed by atoms with Crippen molar-refractivity contribution in [2.75, 3.05) is 0 Å². The van der Waals surface area contributed by atoms with Crippen molar-refractivity contribution >= 4 is 28.1 Å². The molecule has 2 atom stereocenters. The second kappa shape index (κ2) is 6.96. The molecule has 6 heteroatoms. The zero-order valence-electron chi connectivity index (χ0n) is 16.4. The molecule has 1 amide bonds. The van der Waals surface area contributed by atoms with E-state index >= 15 is 0 Å². The van der Waals surface area contributed by atoms with Crippen LogP contribution in [0.4, 0.5) is 4.39 Å². The molecule has 1 aliphatic carbocycles. The Balaban J connectivity index is 1.49. The number of hydrogen-bond donors (Lipinski definition) is 2. The van der Waals surface area contributed by atoms with Crippen molar-refractivity contribution in [2.24, 2.45) is 0 Å². The van der Waals surface area contributed by atoms with Gasteiger partial charge in [0.05, 0.1) is 5.60 Å². The first-order chi connectivity index (χ1) is 14.0. The van der Waals surface area contributed by atoms with Crippen LogP contribution in [0, 0.1) is 5.82 Å². The molecule has 152 valence electrons. The van der Waals surface area contributed by atoms with Gasteiger partial charge in [-0.1, -0.05) is 19.1 Å². The number of amides is 1. The van der Waals surface area contributed by atoms with Crippen LogP contribution in [0.25, 0.3) is 10.9 Å². The number of carbonyl (C=O) groups excluding carboxylic acids is 1. The fraction of sp³-hybridized carbons (Fsp3) is 0.435. The molecule has 3 aromatic rings. The van der Waals surface area contributed by atoms with Crippen molar-refractivity contribution in [1.82, 2.24) is 9.88 Å². The monoisotopic (exact) mass is 412 g/mol. The van der Waals surface area contributed by atoms with Crippen molar-refractivity contribution in [1.29, 1.82) is 0 Å². The van der Waals surface area contributed by atoms with Crippen molar-refractivity contribution in [3.63, 3.8) is 0 Å². The molecule has 1 saturated carbocycles. The van der Waals surface area contributed by atoms with Crippen LogP contribution in [-0.4, -0.2) is 38.6 Å². The minimum absolute atomic E-state index is 0.0868. The van der Waals surface area contributed by atoms with Crippen LogP contribution in [0.1, 0.15) is 55.4 Å². The van der Waals surface area contributed by atoms with E-state index in [1.165, 1.54) is 6.07 Å². The standard InChI is InChI=1S/C23H25FN2O2S/c1-2-14-10-23(28)11-15(12-23)26(14)21(27)9-16(20-7-4-8-29-20)17-13-25-19-6-3-5-18(24)22(17)19/h3-8,13-16,25,28H,2,9-12H2,1H3. The number of aromatic amines is 1. The van der Waals surface area contributed by atoms with Crippen LogP contribution in [0.15, 0.2) is 41.9 Å². The third kappa shape index (κ3) is 3.09. The van der Waals surface area contributed by atoms with E-state index in [-0.39, 0.29) is 29.7 Å². The highest BCUT2D eigenvalue weighted by Gasteiger charge is 2.54. The number of thiophene rings is 1. The summed E-state index contributed by atoms with van der Waals surface area (Å²) in [5, 5.41) is 13.1. The van der Waals surface area contributed by atoms with Gasteiger partial charge in [-0.05, 0) is 54.8 Å². The molecule has 3 aliphatic rings. The van der Waals surface area contributed by atoms with Gasteiger partial charge >= 0.3 is 0 Å². The maximum atomic E-state index is 14.7. The number of nitrogens with one attached hydrogen (secondary N) is 1. The highest BCUT2D eigenvalue weighted by atomic mass is 32.1. The van der Waals surface area contributed by atoms with Crippen LogP contribution >= 0.6 is 11.3 Å². The Kier molecular flexibility index (Phi) is 4.51. The highest BCUT2D eigenvalue weighted by Crippen LogP contribution is 2.48. The Labute approximate surface area is 173 Å². The zero-order valence-corrected chi connectivity index (χ0v) is 17.2. The van der Waals surface area contributed by atoms with Crippen LogP contribution in [0.5, 0.6) is 0 Å². The molecule has 0 radical (unpaired) electrons. The van der Waals surface area contributed by atoms with Crippen molar-refractivity contribution in [3.05, 3.63) is 58.2 Å². The second-order valence-electron chi connectivity index (χ2n) is 8.53. The number of aliphatic hydroxyl groups is 1. The lowest BCUT2D eigenvalue weighted by Gasteiger charge is -2.58. The SMILES string of the molecule is CCC1CC2(O)CC(C2)N1C(=O)CC(c1cccs1)c1c[nH]c2cccc(F)c12. The minimum Gasteiger partial charge on any atom is -0.390 e. The first-order valence-electron chi connectivity index (χ1n) is 10.3. The average molecular weight is 413 g/mol. The molecule has 0 spiro atoms. The summed E-state index contributed by atoms with van der Waals surface area (Å²) in [6.07, 6.45) is 5.03. The number of fused-ring (bicyclic) bond motifs is 3. The lowest BCUT2D eigenvalue weighted by atomic mass is 9.66. The lowest BCUT2D eigenvalue weighted by molar-refractivity contribution is -0.178.